The van der Waals surface area contributed by atoms with E-state index in [0.717, 1.165) is 40.8 Å². The highest BCUT2D eigenvalue weighted by Crippen LogP contribution is 2.37. The van der Waals surface area contributed by atoms with Crippen molar-refractivity contribution in [1.82, 2.24) is 0 Å². The number of hydrogen-bond donors (Lipinski definition) is 0. The molecule has 96 valence electrons. The largest absolute Gasteiger partial charge is 0.495 e. The number of aryl methyl sites for hydroxylation is 1. The zero-order chi connectivity index (χ0) is 12.8. The van der Waals surface area contributed by atoms with Gasteiger partial charge in [0, 0.05) is 5.38 Å². The Hall–Kier alpha value is -0.410. The van der Waals surface area contributed by atoms with E-state index < -0.39 is 0 Å². The van der Waals surface area contributed by atoms with Crippen molar-refractivity contribution in [2.75, 3.05) is 14.2 Å². The molecule has 1 rings (SSSR count). The van der Waals surface area contributed by atoms with Gasteiger partial charge in [0.25, 0.3) is 0 Å². The van der Waals surface area contributed by atoms with Crippen LogP contribution in [0.4, 0.5) is 0 Å². The highest BCUT2D eigenvalue weighted by atomic mass is 79.9. The highest BCUT2D eigenvalue weighted by Gasteiger charge is 2.13. The van der Waals surface area contributed by atoms with Crippen LogP contribution in [0.5, 0.6) is 11.5 Å². The molecule has 1 aromatic rings. The molecule has 0 aromatic heterocycles. The van der Waals surface area contributed by atoms with E-state index in [2.05, 4.69) is 22.9 Å². The summed E-state index contributed by atoms with van der Waals surface area (Å²) in [5.74, 6) is 1.62. The van der Waals surface area contributed by atoms with E-state index in [1.165, 1.54) is 0 Å². The van der Waals surface area contributed by atoms with Gasteiger partial charge in [0.05, 0.1) is 14.2 Å². The van der Waals surface area contributed by atoms with Crippen LogP contribution in [0.1, 0.15) is 25.3 Å². The van der Waals surface area contributed by atoms with Crippen molar-refractivity contribution in [2.24, 2.45) is 0 Å². The molecule has 0 spiro atoms. The normalized spacial score (nSPS) is 12.3. The lowest BCUT2D eigenvalue weighted by atomic mass is 10.1. The van der Waals surface area contributed by atoms with Gasteiger partial charge >= 0.3 is 0 Å². The summed E-state index contributed by atoms with van der Waals surface area (Å²) >= 11 is 9.63. The lowest BCUT2D eigenvalue weighted by molar-refractivity contribution is 0.385. The summed E-state index contributed by atoms with van der Waals surface area (Å²) in [5, 5.41) is 0.223. The van der Waals surface area contributed by atoms with E-state index in [0.29, 0.717) is 0 Å². The van der Waals surface area contributed by atoms with Crippen LogP contribution in [0, 0.1) is 0 Å². The van der Waals surface area contributed by atoms with Crippen LogP contribution < -0.4 is 9.47 Å². The minimum Gasteiger partial charge on any atom is -0.495 e. The second kappa shape index (κ2) is 7.12. The molecule has 0 bridgehead atoms. The zero-order valence-corrected chi connectivity index (χ0v) is 12.8. The van der Waals surface area contributed by atoms with Gasteiger partial charge < -0.3 is 9.47 Å². The maximum absolute atomic E-state index is 6.13. The van der Waals surface area contributed by atoms with E-state index in [-0.39, 0.29) is 5.38 Å². The zero-order valence-electron chi connectivity index (χ0n) is 10.4. The fourth-order valence-electron chi connectivity index (χ4n) is 1.67. The lowest BCUT2D eigenvalue weighted by Gasteiger charge is -2.14. The summed E-state index contributed by atoms with van der Waals surface area (Å²) in [6.07, 6.45) is 2.85. The van der Waals surface area contributed by atoms with Crippen molar-refractivity contribution in [3.8, 4) is 11.5 Å². The van der Waals surface area contributed by atoms with Crippen molar-refractivity contribution in [2.45, 2.75) is 31.6 Å². The van der Waals surface area contributed by atoms with Gasteiger partial charge in [-0.2, -0.15) is 0 Å². The summed E-state index contributed by atoms with van der Waals surface area (Å²) in [6.45, 7) is 2.10. The maximum atomic E-state index is 6.13. The van der Waals surface area contributed by atoms with Crippen molar-refractivity contribution >= 4 is 27.5 Å². The monoisotopic (exact) mass is 320 g/mol. The Morgan fingerprint density at radius 2 is 2.00 bits per heavy atom. The summed E-state index contributed by atoms with van der Waals surface area (Å²) < 4.78 is 11.5. The third-order valence-corrected chi connectivity index (χ3v) is 4.01. The summed E-state index contributed by atoms with van der Waals surface area (Å²) in [5.41, 5.74) is 1.15. The average Bonchev–Trinajstić information content (AvgIpc) is 2.35. The molecule has 0 aliphatic carbocycles. The van der Waals surface area contributed by atoms with Gasteiger partial charge in [-0.25, -0.2) is 0 Å². The summed E-state index contributed by atoms with van der Waals surface area (Å²) in [4.78, 5) is 0. The van der Waals surface area contributed by atoms with Gasteiger partial charge in [0.15, 0.2) is 0 Å². The predicted octanol–water partition coefficient (Wildman–Crippen LogP) is 4.42. The molecule has 0 fully saturated rings. The molecule has 0 saturated heterocycles. The van der Waals surface area contributed by atoms with E-state index in [4.69, 9.17) is 21.1 Å². The Balaban J connectivity index is 2.88. The second-order valence-corrected chi connectivity index (χ2v) is 5.23. The SMILES string of the molecule is CCC(Cl)CCc1ccc(OC)c(Br)c1OC. The predicted molar refractivity (Wildman–Crippen MR) is 75.5 cm³/mol. The first-order valence-corrected chi connectivity index (χ1v) is 6.90. The first kappa shape index (κ1) is 14.7. The summed E-state index contributed by atoms with van der Waals surface area (Å²) in [6, 6.07) is 3.97. The minimum atomic E-state index is 0.223. The van der Waals surface area contributed by atoms with Crippen molar-refractivity contribution in [3.63, 3.8) is 0 Å². The Morgan fingerprint density at radius 1 is 1.29 bits per heavy atom. The molecule has 2 nitrogen and oxygen atoms in total. The molecular formula is C13H18BrClO2. The van der Waals surface area contributed by atoms with Crippen molar-refractivity contribution < 1.29 is 9.47 Å². The van der Waals surface area contributed by atoms with Gasteiger partial charge in [-0.1, -0.05) is 13.0 Å². The van der Waals surface area contributed by atoms with E-state index in [1.54, 1.807) is 14.2 Å². The topological polar surface area (TPSA) is 18.5 Å². The van der Waals surface area contributed by atoms with Crippen LogP contribution >= 0.6 is 27.5 Å². The van der Waals surface area contributed by atoms with Crippen LogP contribution in [0.2, 0.25) is 0 Å². The number of benzene rings is 1. The Kier molecular flexibility index (Phi) is 6.14. The minimum absolute atomic E-state index is 0.223. The number of rotatable bonds is 6. The average molecular weight is 322 g/mol. The number of hydrogen-bond acceptors (Lipinski definition) is 2. The van der Waals surface area contributed by atoms with Gasteiger partial charge in [-0.3, -0.25) is 0 Å². The number of alkyl halides is 1. The van der Waals surface area contributed by atoms with Gasteiger partial charge in [0.2, 0.25) is 0 Å². The highest BCUT2D eigenvalue weighted by molar-refractivity contribution is 9.10. The van der Waals surface area contributed by atoms with Gasteiger partial charge in [-0.15, -0.1) is 11.6 Å². The van der Waals surface area contributed by atoms with Gasteiger partial charge in [0.1, 0.15) is 16.0 Å². The molecular weight excluding hydrogens is 303 g/mol. The maximum Gasteiger partial charge on any atom is 0.139 e. The summed E-state index contributed by atoms with van der Waals surface area (Å²) in [7, 11) is 3.31. The quantitative estimate of drug-likeness (QED) is 0.722. The first-order valence-electron chi connectivity index (χ1n) is 5.67. The Bertz CT molecular complexity index is 369. The molecule has 0 heterocycles. The fraction of sp³-hybridized carbons (Fsp3) is 0.538. The van der Waals surface area contributed by atoms with Crippen LogP contribution in [0.25, 0.3) is 0 Å². The molecule has 0 N–H and O–H groups in total. The van der Waals surface area contributed by atoms with E-state index in [1.807, 2.05) is 12.1 Å². The van der Waals surface area contributed by atoms with Crippen LogP contribution in [0.15, 0.2) is 16.6 Å². The van der Waals surface area contributed by atoms with Crippen LogP contribution in [-0.4, -0.2) is 19.6 Å². The second-order valence-electron chi connectivity index (χ2n) is 3.82. The third-order valence-electron chi connectivity index (χ3n) is 2.74. The fourth-order valence-corrected chi connectivity index (χ4v) is 2.49. The molecule has 1 atom stereocenters. The Labute approximate surface area is 116 Å². The van der Waals surface area contributed by atoms with Crippen LogP contribution in [-0.2, 0) is 6.42 Å². The molecule has 1 aromatic carbocycles. The van der Waals surface area contributed by atoms with Crippen molar-refractivity contribution in [1.29, 1.82) is 0 Å². The molecule has 0 amide bonds. The van der Waals surface area contributed by atoms with Gasteiger partial charge in [-0.05, 0) is 46.8 Å². The van der Waals surface area contributed by atoms with Crippen LogP contribution in [0.3, 0.4) is 0 Å². The van der Waals surface area contributed by atoms with Crippen molar-refractivity contribution in [3.05, 3.63) is 22.2 Å². The smallest absolute Gasteiger partial charge is 0.139 e. The number of methoxy groups -OCH3 is 2. The molecule has 0 radical (unpaired) electrons. The third kappa shape index (κ3) is 3.78. The van der Waals surface area contributed by atoms with E-state index in [9.17, 15) is 0 Å². The molecule has 0 saturated carbocycles. The molecule has 0 aliphatic heterocycles. The lowest BCUT2D eigenvalue weighted by Crippen LogP contribution is -2.01. The van der Waals surface area contributed by atoms with E-state index >= 15 is 0 Å². The standard InChI is InChI=1S/C13H18BrClO2/c1-4-10(15)7-5-9-6-8-11(16-2)12(14)13(9)17-3/h6,8,10H,4-5,7H2,1-3H3. The number of ether oxygens (including phenoxy) is 2. The number of halogens is 2. The molecule has 0 aliphatic rings. The Morgan fingerprint density at radius 3 is 2.53 bits per heavy atom. The molecule has 1 unspecified atom stereocenters. The first-order chi connectivity index (χ1) is 8.13. The molecule has 17 heavy (non-hydrogen) atoms. The molecule has 4 heteroatoms.